The van der Waals surface area contributed by atoms with E-state index >= 15 is 0 Å². The number of aromatic nitrogens is 2. The van der Waals surface area contributed by atoms with Gasteiger partial charge in [-0.25, -0.2) is 0 Å². The second-order valence-electron chi connectivity index (χ2n) is 2.81. The molecule has 0 aliphatic rings. The minimum absolute atomic E-state index is 0.272. The van der Waals surface area contributed by atoms with Gasteiger partial charge in [-0.2, -0.15) is 10.4 Å². The van der Waals surface area contributed by atoms with Gasteiger partial charge < -0.3 is 0 Å². The van der Waals surface area contributed by atoms with Crippen molar-refractivity contribution in [2.24, 2.45) is 7.05 Å². The van der Waals surface area contributed by atoms with Crippen LogP contribution in [0.15, 0.2) is 0 Å². The fourth-order valence-electron chi connectivity index (χ4n) is 1.13. The minimum atomic E-state index is 0.272. The van der Waals surface area contributed by atoms with Crippen molar-refractivity contribution in [1.29, 1.82) is 5.26 Å². The molecule has 1 rings (SSSR count). The third kappa shape index (κ3) is 1.89. The van der Waals surface area contributed by atoms with Crippen molar-refractivity contribution in [1.82, 2.24) is 9.78 Å². The topological polar surface area (TPSA) is 41.6 Å². The Kier molecular flexibility index (Phi) is 2.72. The second-order valence-corrected chi connectivity index (χ2v) is 2.81. The average molecular weight is 173 g/mol. The molecule has 3 nitrogen and oxygen atoms in total. The highest BCUT2D eigenvalue weighted by atomic mass is 15.3. The van der Waals surface area contributed by atoms with Gasteiger partial charge in [0.05, 0.1) is 29.4 Å². The molecular formula is C10H11N3. The molecule has 0 atom stereocenters. The van der Waals surface area contributed by atoms with Crippen LogP contribution in [0.5, 0.6) is 0 Å². The molecule has 0 unspecified atom stereocenters. The van der Waals surface area contributed by atoms with Gasteiger partial charge in [0.15, 0.2) is 0 Å². The molecule has 0 radical (unpaired) electrons. The van der Waals surface area contributed by atoms with E-state index in [4.69, 9.17) is 5.26 Å². The van der Waals surface area contributed by atoms with Crippen LogP contribution in [0.25, 0.3) is 0 Å². The quantitative estimate of drug-likeness (QED) is 0.555. The molecule has 0 spiro atoms. The van der Waals surface area contributed by atoms with Gasteiger partial charge in [-0.3, -0.25) is 4.68 Å². The van der Waals surface area contributed by atoms with Crippen molar-refractivity contribution in [2.45, 2.75) is 20.3 Å². The van der Waals surface area contributed by atoms with Crippen LogP contribution in [-0.4, -0.2) is 9.78 Å². The van der Waals surface area contributed by atoms with E-state index in [1.54, 1.807) is 4.68 Å². The van der Waals surface area contributed by atoms with E-state index < -0.39 is 0 Å². The lowest BCUT2D eigenvalue weighted by atomic mass is 10.2. The van der Waals surface area contributed by atoms with Gasteiger partial charge in [0, 0.05) is 7.05 Å². The maximum atomic E-state index is 8.31. The smallest absolute Gasteiger partial charge is 0.0966 e. The standard InChI is InChI=1S/C10H11N3/c1-8-10(6-4-5-7-11)9(2)13(3)12-8/h5H2,1-3H3. The first-order valence-corrected chi connectivity index (χ1v) is 4.03. The maximum absolute atomic E-state index is 8.31. The second kappa shape index (κ2) is 3.78. The first-order valence-electron chi connectivity index (χ1n) is 4.03. The van der Waals surface area contributed by atoms with Gasteiger partial charge >= 0.3 is 0 Å². The third-order valence-corrected chi connectivity index (χ3v) is 1.89. The number of aryl methyl sites for hydroxylation is 2. The number of nitrogens with zero attached hydrogens (tertiary/aromatic N) is 3. The Morgan fingerprint density at radius 1 is 1.46 bits per heavy atom. The molecule has 13 heavy (non-hydrogen) atoms. The molecule has 0 fully saturated rings. The molecule has 0 aliphatic heterocycles. The zero-order valence-corrected chi connectivity index (χ0v) is 8.05. The van der Waals surface area contributed by atoms with Crippen molar-refractivity contribution in [2.75, 3.05) is 0 Å². The van der Waals surface area contributed by atoms with E-state index in [-0.39, 0.29) is 6.42 Å². The summed E-state index contributed by atoms with van der Waals surface area (Å²) in [6, 6.07) is 1.98. The van der Waals surface area contributed by atoms with Gasteiger partial charge in [0.1, 0.15) is 0 Å². The molecule has 0 saturated heterocycles. The Morgan fingerprint density at radius 3 is 2.62 bits per heavy atom. The first-order chi connectivity index (χ1) is 6.16. The largest absolute Gasteiger partial charge is 0.271 e. The lowest BCUT2D eigenvalue weighted by molar-refractivity contribution is 0.731. The summed E-state index contributed by atoms with van der Waals surface area (Å²) in [4.78, 5) is 0. The average Bonchev–Trinajstić information content (AvgIpc) is 2.32. The summed E-state index contributed by atoms with van der Waals surface area (Å²) in [5.41, 5.74) is 2.91. The SMILES string of the molecule is Cc1nn(C)c(C)c1C#CCC#N. The van der Waals surface area contributed by atoms with E-state index in [1.165, 1.54) is 0 Å². The summed E-state index contributed by atoms with van der Waals surface area (Å²) in [7, 11) is 1.89. The molecule has 0 amide bonds. The summed E-state index contributed by atoms with van der Waals surface area (Å²) < 4.78 is 1.80. The van der Waals surface area contributed by atoms with Crippen LogP contribution in [0.2, 0.25) is 0 Å². The predicted molar refractivity (Wildman–Crippen MR) is 49.8 cm³/mol. The Bertz CT molecular complexity index is 410. The van der Waals surface area contributed by atoms with E-state index in [2.05, 4.69) is 16.9 Å². The Balaban J connectivity index is 3.04. The molecule has 3 heteroatoms. The first kappa shape index (κ1) is 9.35. The lowest BCUT2D eigenvalue weighted by Crippen LogP contribution is -1.92. The van der Waals surface area contributed by atoms with Crippen LogP contribution < -0.4 is 0 Å². The van der Waals surface area contributed by atoms with Crippen molar-refractivity contribution in [3.05, 3.63) is 17.0 Å². The molecule has 0 saturated carbocycles. The van der Waals surface area contributed by atoms with Crippen LogP contribution in [-0.2, 0) is 7.05 Å². The molecular weight excluding hydrogens is 162 g/mol. The fourth-order valence-corrected chi connectivity index (χ4v) is 1.13. The van der Waals surface area contributed by atoms with Crippen LogP contribution >= 0.6 is 0 Å². The molecule has 0 N–H and O–H groups in total. The molecule has 1 aromatic rings. The van der Waals surface area contributed by atoms with Gasteiger partial charge in [0.2, 0.25) is 0 Å². The maximum Gasteiger partial charge on any atom is 0.0966 e. The summed E-state index contributed by atoms with van der Waals surface area (Å²) in [5.74, 6) is 5.73. The molecule has 0 bridgehead atoms. The van der Waals surface area contributed by atoms with Gasteiger partial charge in [0.25, 0.3) is 0 Å². The van der Waals surface area contributed by atoms with E-state index in [9.17, 15) is 0 Å². The number of hydrogen-bond acceptors (Lipinski definition) is 2. The van der Waals surface area contributed by atoms with Crippen LogP contribution in [0, 0.1) is 37.0 Å². The van der Waals surface area contributed by atoms with Crippen molar-refractivity contribution >= 4 is 0 Å². The zero-order valence-electron chi connectivity index (χ0n) is 8.05. The molecule has 0 aliphatic carbocycles. The Morgan fingerprint density at radius 2 is 2.15 bits per heavy atom. The zero-order chi connectivity index (χ0) is 9.84. The highest BCUT2D eigenvalue weighted by molar-refractivity contribution is 5.41. The normalized spacial score (nSPS) is 8.77. The van der Waals surface area contributed by atoms with Crippen molar-refractivity contribution < 1.29 is 0 Å². The van der Waals surface area contributed by atoms with Gasteiger partial charge in [-0.1, -0.05) is 11.8 Å². The highest BCUT2D eigenvalue weighted by Gasteiger charge is 2.05. The van der Waals surface area contributed by atoms with Crippen LogP contribution in [0.4, 0.5) is 0 Å². The minimum Gasteiger partial charge on any atom is -0.271 e. The van der Waals surface area contributed by atoms with E-state index in [1.807, 2.05) is 27.0 Å². The third-order valence-electron chi connectivity index (χ3n) is 1.89. The molecule has 66 valence electrons. The van der Waals surface area contributed by atoms with Gasteiger partial charge in [-0.15, -0.1) is 0 Å². The fraction of sp³-hybridized carbons (Fsp3) is 0.400. The lowest BCUT2D eigenvalue weighted by Gasteiger charge is -1.90. The van der Waals surface area contributed by atoms with E-state index in [0.29, 0.717) is 0 Å². The van der Waals surface area contributed by atoms with Crippen LogP contribution in [0.3, 0.4) is 0 Å². The summed E-state index contributed by atoms with van der Waals surface area (Å²) in [6.07, 6.45) is 0.272. The Labute approximate surface area is 78.0 Å². The number of hydrogen-bond donors (Lipinski definition) is 0. The van der Waals surface area contributed by atoms with Crippen molar-refractivity contribution in [3.8, 4) is 17.9 Å². The van der Waals surface area contributed by atoms with E-state index in [0.717, 1.165) is 17.0 Å². The Hall–Kier alpha value is -1.74. The van der Waals surface area contributed by atoms with Gasteiger partial charge in [-0.05, 0) is 13.8 Å². The predicted octanol–water partition coefficient (Wildman–Crippen LogP) is 1.30. The summed E-state index contributed by atoms with van der Waals surface area (Å²) >= 11 is 0. The molecule has 1 heterocycles. The highest BCUT2D eigenvalue weighted by Crippen LogP contribution is 2.09. The number of nitriles is 1. The summed E-state index contributed by atoms with van der Waals surface area (Å²) in [6.45, 7) is 3.89. The molecule has 0 aromatic carbocycles. The van der Waals surface area contributed by atoms with Crippen molar-refractivity contribution in [3.63, 3.8) is 0 Å². The van der Waals surface area contributed by atoms with Crippen LogP contribution in [0.1, 0.15) is 23.4 Å². The summed E-state index contributed by atoms with van der Waals surface area (Å²) in [5, 5.41) is 12.5. The number of rotatable bonds is 0. The monoisotopic (exact) mass is 173 g/mol. The molecule has 1 aromatic heterocycles.